The summed E-state index contributed by atoms with van der Waals surface area (Å²) in [4.78, 5) is 0. The number of hydrogen-bond acceptors (Lipinski definition) is 1. The fourth-order valence-electron chi connectivity index (χ4n) is 6.98. The number of hydrogen-bond donors (Lipinski definition) is 0. The highest BCUT2D eigenvalue weighted by Gasteiger charge is 2.23. The summed E-state index contributed by atoms with van der Waals surface area (Å²) in [5.74, 6) is 1.75. The maximum Gasteiger partial charge on any atom is 0.143 e. The lowest BCUT2D eigenvalue weighted by Crippen LogP contribution is -1.99. The quantitative estimate of drug-likeness (QED) is 0.196. The van der Waals surface area contributed by atoms with Crippen molar-refractivity contribution in [2.75, 3.05) is 0 Å². The van der Waals surface area contributed by atoms with Gasteiger partial charge in [0.05, 0.1) is 16.7 Å². The van der Waals surface area contributed by atoms with Crippen LogP contribution < -0.4 is 0 Å². The molecule has 2 nitrogen and oxygen atoms in total. The maximum atomic E-state index is 7.03. The smallest absolute Gasteiger partial charge is 0.143 e. The Bertz CT molecular complexity index is 2460. The predicted octanol–water partition coefficient (Wildman–Crippen LogP) is 12.2. The number of rotatable bonds is 5. The molecule has 0 radical (unpaired) electrons. The summed E-state index contributed by atoms with van der Waals surface area (Å²) in [5.41, 5.74) is 10.2. The van der Waals surface area contributed by atoms with Crippen molar-refractivity contribution in [1.29, 1.82) is 0 Å². The summed E-state index contributed by atoms with van der Waals surface area (Å²) < 4.78 is 9.44. The van der Waals surface area contributed by atoms with Crippen LogP contribution in [0.3, 0.4) is 0 Å². The number of para-hydroxylation sites is 2. The molecule has 0 saturated carbocycles. The minimum atomic E-state index is 0.872. The zero-order valence-corrected chi connectivity index (χ0v) is 25.1. The van der Waals surface area contributed by atoms with Crippen molar-refractivity contribution >= 4 is 32.6 Å². The Balaban J connectivity index is 1.33. The van der Waals surface area contributed by atoms with Crippen molar-refractivity contribution in [2.24, 2.45) is 0 Å². The first-order valence-electron chi connectivity index (χ1n) is 15.7. The summed E-state index contributed by atoms with van der Waals surface area (Å²) in [5, 5.41) is 4.68. The van der Waals surface area contributed by atoms with E-state index in [0.29, 0.717) is 0 Å². The number of fused-ring (bicyclic) bond motifs is 4. The standard InChI is InChI=1S/C44H29NO/c1-3-15-30(16-4-1)32-19-13-20-33(29-32)43-36-23-7-8-24-37(36)44(46-43)38-25-14-28-41(42(38)31-17-5-2-6-18-31)45-39-26-11-9-21-34(39)35-22-10-12-27-40(35)45/h1-29H. The monoisotopic (exact) mass is 587 g/mol. The van der Waals surface area contributed by atoms with Gasteiger partial charge in [-0.25, -0.2) is 0 Å². The lowest BCUT2D eigenvalue weighted by molar-refractivity contribution is 0.602. The van der Waals surface area contributed by atoms with E-state index < -0.39 is 0 Å². The Kier molecular flexibility index (Phi) is 6.17. The van der Waals surface area contributed by atoms with Gasteiger partial charge >= 0.3 is 0 Å². The van der Waals surface area contributed by atoms with Gasteiger partial charge in [0.15, 0.2) is 0 Å². The van der Waals surface area contributed by atoms with Gasteiger partial charge in [-0.1, -0.05) is 152 Å². The van der Waals surface area contributed by atoms with Gasteiger partial charge in [0.1, 0.15) is 11.5 Å². The predicted molar refractivity (Wildman–Crippen MR) is 192 cm³/mol. The third-order valence-electron chi connectivity index (χ3n) is 9.02. The normalized spacial score (nSPS) is 11.5. The van der Waals surface area contributed by atoms with Crippen molar-refractivity contribution in [2.45, 2.75) is 0 Å². The van der Waals surface area contributed by atoms with Crippen LogP contribution in [-0.4, -0.2) is 4.57 Å². The van der Waals surface area contributed by atoms with Gasteiger partial charge in [-0.3, -0.25) is 0 Å². The average Bonchev–Trinajstić information content (AvgIpc) is 3.69. The van der Waals surface area contributed by atoms with Gasteiger partial charge in [0, 0.05) is 38.2 Å². The molecule has 0 saturated heterocycles. The first kappa shape index (κ1) is 26.3. The molecule has 46 heavy (non-hydrogen) atoms. The molecule has 0 amide bonds. The van der Waals surface area contributed by atoms with E-state index in [4.69, 9.17) is 4.42 Å². The van der Waals surface area contributed by atoms with E-state index in [-0.39, 0.29) is 0 Å². The summed E-state index contributed by atoms with van der Waals surface area (Å²) in [6.45, 7) is 0. The highest BCUT2D eigenvalue weighted by molar-refractivity contribution is 6.11. The van der Waals surface area contributed by atoms with E-state index in [9.17, 15) is 0 Å². The van der Waals surface area contributed by atoms with Crippen LogP contribution in [-0.2, 0) is 0 Å². The van der Waals surface area contributed by atoms with Crippen LogP contribution in [0.15, 0.2) is 180 Å². The third-order valence-corrected chi connectivity index (χ3v) is 9.02. The highest BCUT2D eigenvalue weighted by Crippen LogP contribution is 2.46. The second-order valence-electron chi connectivity index (χ2n) is 11.7. The van der Waals surface area contributed by atoms with E-state index in [0.717, 1.165) is 50.2 Å². The molecule has 0 spiro atoms. The Morgan fingerprint density at radius 2 is 0.848 bits per heavy atom. The molecule has 0 aliphatic carbocycles. The molecule has 0 fully saturated rings. The second-order valence-corrected chi connectivity index (χ2v) is 11.7. The van der Waals surface area contributed by atoms with E-state index >= 15 is 0 Å². The molecule has 2 heterocycles. The zero-order chi connectivity index (χ0) is 30.5. The average molecular weight is 588 g/mol. The summed E-state index contributed by atoms with van der Waals surface area (Å²) >= 11 is 0. The largest absolute Gasteiger partial charge is 0.455 e. The number of aromatic nitrogens is 1. The summed E-state index contributed by atoms with van der Waals surface area (Å²) in [6, 6.07) is 62.4. The molecule has 0 aliphatic rings. The summed E-state index contributed by atoms with van der Waals surface area (Å²) in [7, 11) is 0. The fraction of sp³-hybridized carbons (Fsp3) is 0. The van der Waals surface area contributed by atoms with Crippen molar-refractivity contribution < 1.29 is 4.42 Å². The van der Waals surface area contributed by atoms with E-state index in [1.807, 2.05) is 0 Å². The third kappa shape index (κ3) is 4.19. The number of furan rings is 1. The topological polar surface area (TPSA) is 18.1 Å². The molecule has 0 atom stereocenters. The SMILES string of the molecule is c1ccc(-c2cccc(-c3oc(-c4cccc(-n5c6ccccc6c6ccccc65)c4-c4ccccc4)c4ccccc34)c2)cc1. The van der Waals surface area contributed by atoms with Crippen LogP contribution in [0.2, 0.25) is 0 Å². The molecule has 9 aromatic rings. The Hall–Kier alpha value is -6.12. The van der Waals surface area contributed by atoms with Crippen LogP contribution >= 0.6 is 0 Å². The Morgan fingerprint density at radius 1 is 0.348 bits per heavy atom. The zero-order valence-electron chi connectivity index (χ0n) is 25.1. The minimum Gasteiger partial charge on any atom is -0.455 e. The molecule has 2 aromatic heterocycles. The van der Waals surface area contributed by atoms with Gasteiger partial charge in [-0.2, -0.15) is 0 Å². The second kappa shape index (κ2) is 10.8. The van der Waals surface area contributed by atoms with E-state index in [1.54, 1.807) is 0 Å². The summed E-state index contributed by atoms with van der Waals surface area (Å²) in [6.07, 6.45) is 0. The number of benzene rings is 7. The fourth-order valence-corrected chi connectivity index (χ4v) is 6.98. The van der Waals surface area contributed by atoms with Crippen LogP contribution in [0.4, 0.5) is 0 Å². The molecule has 9 rings (SSSR count). The van der Waals surface area contributed by atoms with E-state index in [2.05, 4.69) is 180 Å². The van der Waals surface area contributed by atoms with Crippen molar-refractivity contribution in [3.05, 3.63) is 176 Å². The van der Waals surface area contributed by atoms with E-state index in [1.165, 1.54) is 32.9 Å². The van der Waals surface area contributed by atoms with Gasteiger partial charge in [-0.15, -0.1) is 0 Å². The molecule has 7 aromatic carbocycles. The maximum absolute atomic E-state index is 7.03. The van der Waals surface area contributed by atoms with Gasteiger partial charge in [0.25, 0.3) is 0 Å². The highest BCUT2D eigenvalue weighted by atomic mass is 16.3. The van der Waals surface area contributed by atoms with Gasteiger partial charge < -0.3 is 8.98 Å². The van der Waals surface area contributed by atoms with Crippen molar-refractivity contribution in [3.8, 4) is 50.6 Å². The van der Waals surface area contributed by atoms with Crippen LogP contribution in [0.5, 0.6) is 0 Å². The molecule has 0 bridgehead atoms. The Labute approximate surface area is 267 Å². The van der Waals surface area contributed by atoms with Gasteiger partial charge in [0.2, 0.25) is 0 Å². The van der Waals surface area contributed by atoms with Crippen molar-refractivity contribution in [3.63, 3.8) is 0 Å². The van der Waals surface area contributed by atoms with Crippen LogP contribution in [0.25, 0.3) is 83.2 Å². The van der Waals surface area contributed by atoms with Gasteiger partial charge in [-0.05, 0) is 41.0 Å². The first-order chi connectivity index (χ1) is 22.8. The van der Waals surface area contributed by atoms with Crippen molar-refractivity contribution in [1.82, 2.24) is 4.57 Å². The van der Waals surface area contributed by atoms with Crippen LogP contribution in [0.1, 0.15) is 0 Å². The molecule has 216 valence electrons. The molecule has 2 heteroatoms. The molecule has 0 N–H and O–H groups in total. The lowest BCUT2D eigenvalue weighted by Gasteiger charge is -2.17. The minimum absolute atomic E-state index is 0.872. The molecular formula is C44H29NO. The van der Waals surface area contributed by atoms with Crippen LogP contribution in [0, 0.1) is 0 Å². The Morgan fingerprint density at radius 3 is 1.52 bits per heavy atom. The molecule has 0 unspecified atom stereocenters. The number of nitrogens with zero attached hydrogens (tertiary/aromatic N) is 1. The first-order valence-corrected chi connectivity index (χ1v) is 15.7. The molecular weight excluding hydrogens is 558 g/mol. The molecule has 0 aliphatic heterocycles. The lowest BCUT2D eigenvalue weighted by atomic mass is 9.94.